The van der Waals surface area contributed by atoms with E-state index >= 15 is 0 Å². The van der Waals surface area contributed by atoms with E-state index in [2.05, 4.69) is 56.1 Å². The molecule has 0 saturated heterocycles. The van der Waals surface area contributed by atoms with Gasteiger partial charge in [0.15, 0.2) is 0 Å². The molecule has 1 aromatic carbocycles. The van der Waals surface area contributed by atoms with Crippen molar-refractivity contribution < 1.29 is 0 Å². The van der Waals surface area contributed by atoms with Crippen molar-refractivity contribution >= 4 is 31.9 Å². The van der Waals surface area contributed by atoms with Gasteiger partial charge in [-0.2, -0.15) is 0 Å². The summed E-state index contributed by atoms with van der Waals surface area (Å²) in [5.74, 6) is 2.72. The van der Waals surface area contributed by atoms with Crippen LogP contribution in [0.25, 0.3) is 0 Å². The molecule has 0 amide bonds. The molecule has 0 aliphatic rings. The summed E-state index contributed by atoms with van der Waals surface area (Å²) in [4.78, 5) is 0. The van der Waals surface area contributed by atoms with Crippen molar-refractivity contribution in [2.45, 2.75) is 25.8 Å². The lowest BCUT2D eigenvalue weighted by Crippen LogP contribution is -2.22. The number of halogens is 2. The Bertz CT molecular complexity index is 382. The van der Waals surface area contributed by atoms with E-state index in [0.717, 1.165) is 21.9 Å². The molecule has 0 aliphatic heterocycles. The van der Waals surface area contributed by atoms with Crippen LogP contribution in [0.4, 0.5) is 0 Å². The standard InChI is InChI=1S/C13H15Br2N/c1-3-5-13(16-8-4-2)11-7-6-10(14)9-12(11)15/h1,6-7,9,13,16H,4-5,8H2,2H3. The third kappa shape index (κ3) is 3.93. The molecule has 16 heavy (non-hydrogen) atoms. The van der Waals surface area contributed by atoms with Crippen LogP contribution in [-0.2, 0) is 0 Å². The molecule has 0 saturated carbocycles. The summed E-state index contributed by atoms with van der Waals surface area (Å²) in [6.45, 7) is 3.13. The van der Waals surface area contributed by atoms with Gasteiger partial charge in [-0.05, 0) is 30.7 Å². The van der Waals surface area contributed by atoms with E-state index in [1.807, 2.05) is 12.1 Å². The zero-order valence-electron chi connectivity index (χ0n) is 9.26. The summed E-state index contributed by atoms with van der Waals surface area (Å²) < 4.78 is 2.16. The molecule has 86 valence electrons. The fourth-order valence-corrected chi connectivity index (χ4v) is 2.84. The lowest BCUT2D eigenvalue weighted by molar-refractivity contribution is 0.541. The summed E-state index contributed by atoms with van der Waals surface area (Å²) in [5, 5.41) is 3.46. The lowest BCUT2D eigenvalue weighted by Gasteiger charge is -2.18. The number of hydrogen-bond donors (Lipinski definition) is 1. The molecule has 0 heterocycles. The van der Waals surface area contributed by atoms with Crippen molar-refractivity contribution in [1.82, 2.24) is 5.32 Å². The van der Waals surface area contributed by atoms with Crippen molar-refractivity contribution in [1.29, 1.82) is 0 Å². The molecule has 0 bridgehead atoms. The average Bonchev–Trinajstić information content (AvgIpc) is 2.25. The Morgan fingerprint density at radius 1 is 1.44 bits per heavy atom. The third-order valence-electron chi connectivity index (χ3n) is 2.30. The van der Waals surface area contributed by atoms with Gasteiger partial charge in [0.2, 0.25) is 0 Å². The SMILES string of the molecule is C#CCC(NCCC)c1ccc(Br)cc1Br. The summed E-state index contributed by atoms with van der Waals surface area (Å²) in [6, 6.07) is 6.41. The Labute approximate surface area is 114 Å². The summed E-state index contributed by atoms with van der Waals surface area (Å²) in [5.41, 5.74) is 1.22. The van der Waals surface area contributed by atoms with E-state index in [9.17, 15) is 0 Å². The highest BCUT2D eigenvalue weighted by atomic mass is 79.9. The molecule has 1 aromatic rings. The fraction of sp³-hybridized carbons (Fsp3) is 0.385. The highest BCUT2D eigenvalue weighted by molar-refractivity contribution is 9.11. The molecule has 0 aromatic heterocycles. The van der Waals surface area contributed by atoms with Gasteiger partial charge in [-0.3, -0.25) is 0 Å². The first kappa shape index (κ1) is 13.8. The second-order valence-electron chi connectivity index (χ2n) is 3.58. The van der Waals surface area contributed by atoms with Gasteiger partial charge in [-0.1, -0.05) is 44.8 Å². The van der Waals surface area contributed by atoms with Gasteiger partial charge in [0, 0.05) is 21.4 Å². The van der Waals surface area contributed by atoms with Crippen LogP contribution in [0.5, 0.6) is 0 Å². The van der Waals surface area contributed by atoms with Crippen LogP contribution < -0.4 is 5.32 Å². The van der Waals surface area contributed by atoms with Crippen LogP contribution in [0.3, 0.4) is 0 Å². The number of terminal acetylenes is 1. The van der Waals surface area contributed by atoms with E-state index in [4.69, 9.17) is 6.42 Å². The van der Waals surface area contributed by atoms with Crippen molar-refractivity contribution in [2.24, 2.45) is 0 Å². The predicted octanol–water partition coefficient (Wildman–Crippen LogP) is 4.28. The molecule has 1 rings (SSSR count). The fourth-order valence-electron chi connectivity index (χ4n) is 1.51. The van der Waals surface area contributed by atoms with Gasteiger partial charge in [-0.15, -0.1) is 12.3 Å². The first-order valence-corrected chi connectivity index (χ1v) is 6.89. The second kappa shape index (κ2) is 7.11. The molecular formula is C13H15Br2N. The second-order valence-corrected chi connectivity index (χ2v) is 5.35. The normalized spacial score (nSPS) is 12.1. The van der Waals surface area contributed by atoms with E-state index in [1.54, 1.807) is 0 Å². The van der Waals surface area contributed by atoms with Crippen LogP contribution in [0.2, 0.25) is 0 Å². The minimum absolute atomic E-state index is 0.229. The number of nitrogens with one attached hydrogen (secondary N) is 1. The van der Waals surface area contributed by atoms with Gasteiger partial charge in [0.25, 0.3) is 0 Å². The van der Waals surface area contributed by atoms with Gasteiger partial charge in [0.1, 0.15) is 0 Å². The van der Waals surface area contributed by atoms with Crippen molar-refractivity contribution in [3.8, 4) is 12.3 Å². The van der Waals surface area contributed by atoms with E-state index in [1.165, 1.54) is 5.56 Å². The van der Waals surface area contributed by atoms with Gasteiger partial charge < -0.3 is 5.32 Å². The van der Waals surface area contributed by atoms with Crippen LogP contribution in [-0.4, -0.2) is 6.54 Å². The predicted molar refractivity (Wildman–Crippen MR) is 76.3 cm³/mol. The molecule has 1 atom stereocenters. The minimum atomic E-state index is 0.229. The van der Waals surface area contributed by atoms with Crippen LogP contribution in [0.15, 0.2) is 27.1 Å². The molecule has 3 heteroatoms. The smallest absolute Gasteiger partial charge is 0.0442 e. The third-order valence-corrected chi connectivity index (χ3v) is 3.48. The Balaban J connectivity index is 2.88. The number of rotatable bonds is 5. The van der Waals surface area contributed by atoms with Crippen LogP contribution in [0, 0.1) is 12.3 Å². The van der Waals surface area contributed by atoms with E-state index in [-0.39, 0.29) is 6.04 Å². The number of benzene rings is 1. The van der Waals surface area contributed by atoms with Gasteiger partial charge in [-0.25, -0.2) is 0 Å². The van der Waals surface area contributed by atoms with Crippen LogP contribution >= 0.6 is 31.9 Å². The average molecular weight is 345 g/mol. The molecule has 1 N–H and O–H groups in total. The Morgan fingerprint density at radius 3 is 2.75 bits per heavy atom. The minimum Gasteiger partial charge on any atom is -0.309 e. The van der Waals surface area contributed by atoms with Crippen LogP contribution in [0.1, 0.15) is 31.4 Å². The van der Waals surface area contributed by atoms with E-state index < -0.39 is 0 Å². The van der Waals surface area contributed by atoms with Crippen molar-refractivity contribution in [3.63, 3.8) is 0 Å². The van der Waals surface area contributed by atoms with Crippen molar-refractivity contribution in [3.05, 3.63) is 32.7 Å². The summed E-state index contributed by atoms with van der Waals surface area (Å²) in [7, 11) is 0. The highest BCUT2D eigenvalue weighted by Crippen LogP contribution is 2.28. The molecule has 1 nitrogen and oxygen atoms in total. The molecule has 0 aliphatic carbocycles. The molecular weight excluding hydrogens is 330 g/mol. The molecule has 0 fully saturated rings. The molecule has 0 radical (unpaired) electrons. The zero-order valence-corrected chi connectivity index (χ0v) is 12.4. The monoisotopic (exact) mass is 343 g/mol. The summed E-state index contributed by atoms with van der Waals surface area (Å²) >= 11 is 7.02. The Morgan fingerprint density at radius 2 is 2.19 bits per heavy atom. The maximum absolute atomic E-state index is 5.40. The van der Waals surface area contributed by atoms with Gasteiger partial charge >= 0.3 is 0 Å². The number of hydrogen-bond acceptors (Lipinski definition) is 1. The molecule has 0 spiro atoms. The van der Waals surface area contributed by atoms with Crippen molar-refractivity contribution in [2.75, 3.05) is 6.54 Å². The Hall–Kier alpha value is -0.300. The first-order chi connectivity index (χ1) is 7.69. The van der Waals surface area contributed by atoms with Gasteiger partial charge in [0.05, 0.1) is 0 Å². The summed E-state index contributed by atoms with van der Waals surface area (Å²) in [6.07, 6.45) is 7.22. The lowest BCUT2D eigenvalue weighted by atomic mass is 10.0. The highest BCUT2D eigenvalue weighted by Gasteiger charge is 2.12. The quantitative estimate of drug-likeness (QED) is 0.786. The zero-order chi connectivity index (χ0) is 12.0. The van der Waals surface area contributed by atoms with E-state index in [0.29, 0.717) is 6.42 Å². The maximum atomic E-state index is 5.40. The Kier molecular flexibility index (Phi) is 6.12. The first-order valence-electron chi connectivity index (χ1n) is 5.30. The topological polar surface area (TPSA) is 12.0 Å². The maximum Gasteiger partial charge on any atom is 0.0442 e. The largest absolute Gasteiger partial charge is 0.309 e. The molecule has 1 unspecified atom stereocenters.